The molecule has 0 bridgehead atoms. The van der Waals surface area contributed by atoms with E-state index < -0.39 is 0 Å². The Morgan fingerprint density at radius 2 is 1.92 bits per heavy atom. The molecule has 0 spiro atoms. The number of aromatic hydroxyl groups is 1. The van der Waals surface area contributed by atoms with E-state index in [9.17, 15) is 5.11 Å². The van der Waals surface area contributed by atoms with E-state index in [0.29, 0.717) is 12.3 Å². The Morgan fingerprint density at radius 3 is 2.38 bits per heavy atom. The predicted octanol–water partition coefficient (Wildman–Crippen LogP) is 2.15. The summed E-state index contributed by atoms with van der Waals surface area (Å²) in [4.78, 5) is 0. The van der Waals surface area contributed by atoms with Crippen LogP contribution in [0.3, 0.4) is 0 Å². The van der Waals surface area contributed by atoms with E-state index in [1.165, 1.54) is 0 Å². The van der Waals surface area contributed by atoms with E-state index >= 15 is 0 Å². The van der Waals surface area contributed by atoms with Gasteiger partial charge in [0, 0.05) is 6.54 Å². The van der Waals surface area contributed by atoms with Crippen LogP contribution >= 0.6 is 0 Å². The fourth-order valence-electron chi connectivity index (χ4n) is 1.31. The van der Waals surface area contributed by atoms with Crippen LogP contribution < -0.4 is 5.73 Å². The van der Waals surface area contributed by atoms with Gasteiger partial charge in [0.15, 0.2) is 0 Å². The van der Waals surface area contributed by atoms with Crippen molar-refractivity contribution >= 4 is 0 Å². The van der Waals surface area contributed by atoms with Gasteiger partial charge in [-0.3, -0.25) is 0 Å². The number of rotatable bonds is 1. The molecule has 1 aromatic carbocycles. The summed E-state index contributed by atoms with van der Waals surface area (Å²) < 4.78 is 0. The molecule has 1 rings (SSSR count). The van der Waals surface area contributed by atoms with Crippen LogP contribution in [0, 0.1) is 0 Å². The van der Waals surface area contributed by atoms with E-state index in [-0.39, 0.29) is 5.41 Å². The molecule has 0 amide bonds. The third-order valence-corrected chi connectivity index (χ3v) is 2.10. The molecule has 13 heavy (non-hydrogen) atoms. The topological polar surface area (TPSA) is 46.2 Å². The zero-order chi connectivity index (χ0) is 10.1. The standard InChI is InChI=1S/C11H17NO/c1-11(2,3)9-6-8(7-12)4-5-10(9)13/h4-6,13H,7,12H2,1-3H3. The molecule has 0 heterocycles. The van der Waals surface area contributed by atoms with Gasteiger partial charge in [0.2, 0.25) is 0 Å². The first-order chi connectivity index (χ1) is 5.95. The summed E-state index contributed by atoms with van der Waals surface area (Å²) in [6, 6.07) is 5.53. The quantitative estimate of drug-likeness (QED) is 0.694. The second kappa shape index (κ2) is 3.38. The molecule has 0 aliphatic heterocycles. The molecule has 0 fully saturated rings. The average molecular weight is 179 g/mol. The first-order valence-electron chi connectivity index (χ1n) is 4.47. The molecule has 0 aliphatic carbocycles. The minimum atomic E-state index is -0.0325. The Labute approximate surface area is 79.4 Å². The summed E-state index contributed by atoms with van der Waals surface area (Å²) in [5.74, 6) is 0.352. The second-order valence-corrected chi connectivity index (χ2v) is 4.31. The molecule has 72 valence electrons. The smallest absolute Gasteiger partial charge is 0.119 e. The number of phenolic OH excluding ortho intramolecular Hbond substituents is 1. The average Bonchev–Trinajstić information content (AvgIpc) is 2.03. The van der Waals surface area contributed by atoms with Gasteiger partial charge >= 0.3 is 0 Å². The van der Waals surface area contributed by atoms with E-state index in [2.05, 4.69) is 20.8 Å². The molecule has 0 unspecified atom stereocenters. The maximum atomic E-state index is 9.63. The third-order valence-electron chi connectivity index (χ3n) is 2.10. The van der Waals surface area contributed by atoms with Crippen LogP contribution in [-0.2, 0) is 12.0 Å². The van der Waals surface area contributed by atoms with Gasteiger partial charge in [0.05, 0.1) is 0 Å². The van der Waals surface area contributed by atoms with Crippen LogP contribution in [-0.4, -0.2) is 5.11 Å². The summed E-state index contributed by atoms with van der Waals surface area (Å²) in [6.07, 6.45) is 0. The zero-order valence-corrected chi connectivity index (χ0v) is 8.46. The maximum absolute atomic E-state index is 9.63. The van der Waals surface area contributed by atoms with Gasteiger partial charge in [-0.25, -0.2) is 0 Å². The summed E-state index contributed by atoms with van der Waals surface area (Å²) in [5, 5.41) is 9.63. The Morgan fingerprint density at radius 1 is 1.31 bits per heavy atom. The third kappa shape index (κ3) is 2.22. The van der Waals surface area contributed by atoms with E-state index in [1.54, 1.807) is 6.07 Å². The van der Waals surface area contributed by atoms with Crippen LogP contribution in [0.2, 0.25) is 0 Å². The normalized spacial score (nSPS) is 11.7. The Balaban J connectivity index is 3.19. The lowest BCUT2D eigenvalue weighted by molar-refractivity contribution is 0.446. The highest BCUT2D eigenvalue weighted by Crippen LogP contribution is 2.30. The lowest BCUT2D eigenvalue weighted by Crippen LogP contribution is -2.12. The van der Waals surface area contributed by atoms with Crippen molar-refractivity contribution in [1.29, 1.82) is 0 Å². The molecule has 0 saturated heterocycles. The Bertz CT molecular complexity index is 299. The first kappa shape index (κ1) is 10.1. The van der Waals surface area contributed by atoms with Crippen molar-refractivity contribution in [3.63, 3.8) is 0 Å². The minimum absolute atomic E-state index is 0.0325. The van der Waals surface area contributed by atoms with Crippen molar-refractivity contribution in [1.82, 2.24) is 0 Å². The van der Waals surface area contributed by atoms with Crippen LogP contribution in [0.25, 0.3) is 0 Å². The van der Waals surface area contributed by atoms with Gasteiger partial charge < -0.3 is 10.8 Å². The van der Waals surface area contributed by atoms with Gasteiger partial charge in [-0.15, -0.1) is 0 Å². The van der Waals surface area contributed by atoms with Crippen LogP contribution in [0.15, 0.2) is 18.2 Å². The van der Waals surface area contributed by atoms with Crippen molar-refractivity contribution < 1.29 is 5.11 Å². The molecular formula is C11H17NO. The van der Waals surface area contributed by atoms with Crippen LogP contribution in [0.4, 0.5) is 0 Å². The summed E-state index contributed by atoms with van der Waals surface area (Å²) >= 11 is 0. The molecule has 0 radical (unpaired) electrons. The van der Waals surface area contributed by atoms with Crippen molar-refractivity contribution in [3.8, 4) is 5.75 Å². The summed E-state index contributed by atoms with van der Waals surface area (Å²) in [6.45, 7) is 6.73. The number of hydrogen-bond donors (Lipinski definition) is 2. The van der Waals surface area contributed by atoms with Crippen molar-refractivity contribution in [3.05, 3.63) is 29.3 Å². The van der Waals surface area contributed by atoms with E-state index in [1.807, 2.05) is 12.1 Å². The fraction of sp³-hybridized carbons (Fsp3) is 0.455. The van der Waals surface area contributed by atoms with Gasteiger partial charge in [0.25, 0.3) is 0 Å². The van der Waals surface area contributed by atoms with Gasteiger partial charge in [-0.2, -0.15) is 0 Å². The second-order valence-electron chi connectivity index (χ2n) is 4.31. The van der Waals surface area contributed by atoms with Crippen LogP contribution in [0.1, 0.15) is 31.9 Å². The summed E-state index contributed by atoms with van der Waals surface area (Å²) in [5.41, 5.74) is 7.51. The fourth-order valence-corrected chi connectivity index (χ4v) is 1.31. The highest BCUT2D eigenvalue weighted by atomic mass is 16.3. The molecule has 2 nitrogen and oxygen atoms in total. The number of hydrogen-bond acceptors (Lipinski definition) is 2. The summed E-state index contributed by atoms with van der Waals surface area (Å²) in [7, 11) is 0. The largest absolute Gasteiger partial charge is 0.508 e. The van der Waals surface area contributed by atoms with Crippen LogP contribution in [0.5, 0.6) is 5.75 Å². The van der Waals surface area contributed by atoms with Crippen molar-refractivity contribution in [2.24, 2.45) is 5.73 Å². The molecule has 2 heteroatoms. The maximum Gasteiger partial charge on any atom is 0.119 e. The van der Waals surface area contributed by atoms with Crippen molar-refractivity contribution in [2.75, 3.05) is 0 Å². The number of nitrogens with two attached hydrogens (primary N) is 1. The first-order valence-corrected chi connectivity index (χ1v) is 4.47. The molecule has 0 atom stereocenters. The molecule has 1 aromatic rings. The highest BCUT2D eigenvalue weighted by Gasteiger charge is 2.17. The number of benzene rings is 1. The lowest BCUT2D eigenvalue weighted by Gasteiger charge is -2.21. The Kier molecular flexibility index (Phi) is 2.62. The molecule has 0 saturated carbocycles. The van der Waals surface area contributed by atoms with Gasteiger partial charge in [0.1, 0.15) is 5.75 Å². The van der Waals surface area contributed by atoms with E-state index in [0.717, 1.165) is 11.1 Å². The molecule has 0 aliphatic rings. The highest BCUT2D eigenvalue weighted by molar-refractivity contribution is 5.40. The molecular weight excluding hydrogens is 162 g/mol. The van der Waals surface area contributed by atoms with Gasteiger partial charge in [-0.1, -0.05) is 32.9 Å². The van der Waals surface area contributed by atoms with Crippen molar-refractivity contribution in [2.45, 2.75) is 32.7 Å². The lowest BCUT2D eigenvalue weighted by atomic mass is 9.85. The Hall–Kier alpha value is -1.02. The van der Waals surface area contributed by atoms with E-state index in [4.69, 9.17) is 5.73 Å². The number of phenols is 1. The monoisotopic (exact) mass is 179 g/mol. The zero-order valence-electron chi connectivity index (χ0n) is 8.46. The molecule has 3 N–H and O–H groups in total. The minimum Gasteiger partial charge on any atom is -0.508 e. The molecule has 0 aromatic heterocycles. The predicted molar refractivity (Wildman–Crippen MR) is 54.7 cm³/mol. The SMILES string of the molecule is CC(C)(C)c1cc(CN)ccc1O. The van der Waals surface area contributed by atoms with Gasteiger partial charge in [-0.05, 0) is 22.6 Å².